The highest BCUT2D eigenvalue weighted by Gasteiger charge is 2.31. The van der Waals surface area contributed by atoms with Crippen LogP contribution in [-0.2, 0) is 11.2 Å². The zero-order valence-electron chi connectivity index (χ0n) is 14.2. The van der Waals surface area contributed by atoms with Crippen LogP contribution in [0.1, 0.15) is 25.1 Å². The molecule has 0 saturated carbocycles. The Balaban J connectivity index is 1.28. The molecule has 0 atom stereocenters. The molecule has 7 nitrogen and oxygen atoms in total. The second-order valence-electron chi connectivity index (χ2n) is 6.74. The predicted octanol–water partition coefficient (Wildman–Crippen LogP) is 1.51. The number of carbonyl (C=O) groups is 2. The van der Waals surface area contributed by atoms with Gasteiger partial charge in [0, 0.05) is 45.1 Å². The third-order valence-electron chi connectivity index (χ3n) is 5.16. The van der Waals surface area contributed by atoms with E-state index in [1.54, 1.807) is 0 Å². The number of carbonyl (C=O) groups excluding carboxylic acids is 2. The van der Waals surface area contributed by atoms with Gasteiger partial charge in [-0.1, -0.05) is 12.1 Å². The van der Waals surface area contributed by atoms with E-state index >= 15 is 0 Å². The fraction of sp³-hybridized carbons (Fsp3) is 0.500. The number of amides is 3. The lowest BCUT2D eigenvalue weighted by Gasteiger charge is -2.36. The fourth-order valence-electron chi connectivity index (χ4n) is 3.77. The van der Waals surface area contributed by atoms with E-state index in [1.165, 1.54) is 0 Å². The Kier molecular flexibility index (Phi) is 4.29. The minimum absolute atomic E-state index is 0.0367. The smallest absolute Gasteiger partial charge is 0.317 e. The van der Waals surface area contributed by atoms with Crippen molar-refractivity contribution < 1.29 is 9.59 Å². The van der Waals surface area contributed by atoms with E-state index in [9.17, 15) is 9.59 Å². The van der Waals surface area contributed by atoms with E-state index in [4.69, 9.17) is 0 Å². The summed E-state index contributed by atoms with van der Waals surface area (Å²) in [6, 6.07) is 8.20. The van der Waals surface area contributed by atoms with Crippen LogP contribution in [0.5, 0.6) is 0 Å². The third-order valence-corrected chi connectivity index (χ3v) is 5.16. The molecule has 4 rings (SSSR count). The number of aromatic nitrogens is 2. The number of imidazole rings is 1. The van der Waals surface area contributed by atoms with Crippen molar-refractivity contribution in [3.05, 3.63) is 30.1 Å². The molecule has 0 bridgehead atoms. The minimum atomic E-state index is 0.0367. The molecule has 2 saturated heterocycles. The lowest BCUT2D eigenvalue weighted by molar-refractivity contribution is -0.132. The normalized spacial score (nSPS) is 18.8. The number of aryl methyl sites for hydroxylation is 1. The Morgan fingerprint density at radius 1 is 1.20 bits per heavy atom. The van der Waals surface area contributed by atoms with Gasteiger partial charge in [-0.05, 0) is 25.0 Å². The van der Waals surface area contributed by atoms with E-state index in [0.717, 1.165) is 55.9 Å². The summed E-state index contributed by atoms with van der Waals surface area (Å²) in [5.41, 5.74) is 1.95. The summed E-state index contributed by atoms with van der Waals surface area (Å²) in [5.74, 6) is 1.03. The van der Waals surface area contributed by atoms with Crippen molar-refractivity contribution in [1.29, 1.82) is 0 Å². The second kappa shape index (κ2) is 6.74. The van der Waals surface area contributed by atoms with Crippen LogP contribution in [-0.4, -0.2) is 63.9 Å². The molecule has 2 aliphatic heterocycles. The molecule has 1 aromatic heterocycles. The number of piperidine rings is 1. The van der Waals surface area contributed by atoms with Gasteiger partial charge >= 0.3 is 6.03 Å². The average molecular weight is 341 g/mol. The van der Waals surface area contributed by atoms with Gasteiger partial charge in [-0.25, -0.2) is 9.78 Å². The van der Waals surface area contributed by atoms with Crippen LogP contribution in [0, 0.1) is 0 Å². The van der Waals surface area contributed by atoms with Gasteiger partial charge in [-0.15, -0.1) is 0 Å². The maximum Gasteiger partial charge on any atom is 0.317 e. The number of aromatic amines is 1. The molecule has 0 spiro atoms. The third kappa shape index (κ3) is 3.31. The molecule has 2 aliphatic rings. The lowest BCUT2D eigenvalue weighted by Crippen LogP contribution is -2.47. The highest BCUT2D eigenvalue weighted by atomic mass is 16.2. The molecule has 2 aromatic rings. The van der Waals surface area contributed by atoms with Gasteiger partial charge in [0.15, 0.2) is 0 Å². The molecule has 25 heavy (non-hydrogen) atoms. The molecule has 0 aliphatic carbocycles. The van der Waals surface area contributed by atoms with E-state index < -0.39 is 0 Å². The summed E-state index contributed by atoms with van der Waals surface area (Å²) in [6.45, 7) is 2.97. The van der Waals surface area contributed by atoms with Crippen LogP contribution in [0.4, 0.5) is 4.79 Å². The molecule has 0 radical (unpaired) electrons. The molecule has 132 valence electrons. The molecule has 1 aromatic carbocycles. The number of fused-ring (bicyclic) bond motifs is 1. The van der Waals surface area contributed by atoms with Crippen molar-refractivity contribution in [1.82, 2.24) is 25.1 Å². The number of hydrogen-bond donors (Lipinski definition) is 2. The molecule has 0 unspecified atom stereocenters. The zero-order chi connectivity index (χ0) is 17.2. The Morgan fingerprint density at radius 2 is 2.00 bits per heavy atom. The largest absolute Gasteiger partial charge is 0.343 e. The van der Waals surface area contributed by atoms with Gasteiger partial charge in [0.2, 0.25) is 5.91 Å². The monoisotopic (exact) mass is 341 g/mol. The lowest BCUT2D eigenvalue weighted by atomic mass is 10.0. The number of para-hydroxylation sites is 2. The predicted molar refractivity (Wildman–Crippen MR) is 94.1 cm³/mol. The molecule has 3 heterocycles. The first-order chi connectivity index (χ1) is 12.2. The van der Waals surface area contributed by atoms with Crippen molar-refractivity contribution in [3.63, 3.8) is 0 Å². The quantitative estimate of drug-likeness (QED) is 0.884. The van der Waals surface area contributed by atoms with Crippen LogP contribution in [0.2, 0.25) is 0 Å². The number of benzene rings is 1. The maximum atomic E-state index is 12.5. The van der Waals surface area contributed by atoms with E-state index in [0.29, 0.717) is 12.8 Å². The topological polar surface area (TPSA) is 81.3 Å². The Bertz CT molecular complexity index is 746. The second-order valence-corrected chi connectivity index (χ2v) is 6.74. The summed E-state index contributed by atoms with van der Waals surface area (Å²) >= 11 is 0. The summed E-state index contributed by atoms with van der Waals surface area (Å²) in [6.07, 6.45) is 2.82. The van der Waals surface area contributed by atoms with Crippen LogP contribution in [0.3, 0.4) is 0 Å². The number of rotatable bonds is 4. The van der Waals surface area contributed by atoms with Crippen molar-refractivity contribution in [3.8, 4) is 0 Å². The van der Waals surface area contributed by atoms with Gasteiger partial charge < -0.3 is 20.1 Å². The molecule has 3 amide bonds. The Labute approximate surface area is 146 Å². The van der Waals surface area contributed by atoms with E-state index in [2.05, 4.69) is 15.3 Å². The Morgan fingerprint density at radius 3 is 2.72 bits per heavy atom. The van der Waals surface area contributed by atoms with Gasteiger partial charge in [0.25, 0.3) is 0 Å². The fourth-order valence-corrected chi connectivity index (χ4v) is 3.77. The van der Waals surface area contributed by atoms with Crippen molar-refractivity contribution in [2.24, 2.45) is 0 Å². The number of nitrogens with zero attached hydrogens (tertiary/aromatic N) is 3. The maximum absolute atomic E-state index is 12.5. The van der Waals surface area contributed by atoms with Crippen LogP contribution in [0.15, 0.2) is 24.3 Å². The molecular formula is C18H23N5O2. The van der Waals surface area contributed by atoms with Gasteiger partial charge in [-0.2, -0.15) is 0 Å². The standard InChI is InChI=1S/C18H23N5O2/c24-17(6-5-16-20-14-3-1-2-4-15(14)21-16)22-10-7-13(8-11-22)23-12-9-19-18(23)25/h1-4,13H,5-12H2,(H,19,25)(H,20,21). The average Bonchev–Trinajstić information content (AvgIpc) is 3.25. The van der Waals surface area contributed by atoms with E-state index in [-0.39, 0.29) is 18.0 Å². The van der Waals surface area contributed by atoms with Gasteiger partial charge in [0.1, 0.15) is 5.82 Å². The summed E-state index contributed by atoms with van der Waals surface area (Å²) in [7, 11) is 0. The number of nitrogens with one attached hydrogen (secondary N) is 2. The molecule has 7 heteroatoms. The number of hydrogen-bond acceptors (Lipinski definition) is 3. The van der Waals surface area contributed by atoms with Crippen molar-refractivity contribution in [2.75, 3.05) is 26.2 Å². The number of H-pyrrole nitrogens is 1. The van der Waals surface area contributed by atoms with Crippen LogP contribution < -0.4 is 5.32 Å². The molecule has 2 N–H and O–H groups in total. The minimum Gasteiger partial charge on any atom is -0.343 e. The Hall–Kier alpha value is -2.57. The van der Waals surface area contributed by atoms with Crippen LogP contribution >= 0.6 is 0 Å². The summed E-state index contributed by atoms with van der Waals surface area (Å²) in [4.78, 5) is 35.8. The highest BCUT2D eigenvalue weighted by molar-refractivity contribution is 5.78. The van der Waals surface area contributed by atoms with Crippen molar-refractivity contribution >= 4 is 23.0 Å². The van der Waals surface area contributed by atoms with Gasteiger partial charge in [-0.3, -0.25) is 4.79 Å². The first-order valence-corrected chi connectivity index (χ1v) is 8.96. The first kappa shape index (κ1) is 15.9. The van der Waals surface area contributed by atoms with Crippen molar-refractivity contribution in [2.45, 2.75) is 31.7 Å². The zero-order valence-corrected chi connectivity index (χ0v) is 14.2. The SMILES string of the molecule is O=C(CCc1nc2ccccc2[nH]1)N1CCC(N2CCNC2=O)CC1. The van der Waals surface area contributed by atoms with Crippen LogP contribution in [0.25, 0.3) is 11.0 Å². The van der Waals surface area contributed by atoms with Gasteiger partial charge in [0.05, 0.1) is 11.0 Å². The van der Waals surface area contributed by atoms with E-state index in [1.807, 2.05) is 34.1 Å². The highest BCUT2D eigenvalue weighted by Crippen LogP contribution is 2.19. The molecule has 2 fully saturated rings. The summed E-state index contributed by atoms with van der Waals surface area (Å²) in [5, 5.41) is 2.85. The number of likely N-dealkylation sites (tertiary alicyclic amines) is 1. The number of urea groups is 1. The first-order valence-electron chi connectivity index (χ1n) is 8.96. The summed E-state index contributed by atoms with van der Waals surface area (Å²) < 4.78 is 0. The molecular weight excluding hydrogens is 318 g/mol.